The molecule has 0 spiro atoms. The van der Waals surface area contributed by atoms with Crippen molar-refractivity contribution in [2.75, 3.05) is 61.5 Å². The summed E-state index contributed by atoms with van der Waals surface area (Å²) >= 11 is 0. The number of likely N-dealkylation sites (N-methyl/N-ethyl adjacent to an activating group) is 4. The van der Waals surface area contributed by atoms with E-state index < -0.39 is 185 Å². The number of rotatable bonds is 20. The minimum absolute atomic E-state index is 0.0421. The van der Waals surface area contributed by atoms with E-state index in [2.05, 4.69) is 47.9 Å². The van der Waals surface area contributed by atoms with Gasteiger partial charge in [0, 0.05) is 74.2 Å². The van der Waals surface area contributed by atoms with Gasteiger partial charge in [0.25, 0.3) is 0 Å². The number of carbonyl (C=O) groups excluding carboxylic acids is 14. The molecule has 0 bridgehead atoms. The fourth-order valence-corrected chi connectivity index (χ4v) is 11.4. The van der Waals surface area contributed by atoms with Crippen molar-refractivity contribution < 1.29 is 76.6 Å². The number of nitrogens with zero attached hydrogens (tertiary/aromatic N) is 4. The molecule has 13 unspecified atom stereocenters. The van der Waals surface area contributed by atoms with Gasteiger partial charge in [0.15, 0.2) is 0 Å². The van der Waals surface area contributed by atoms with Crippen molar-refractivity contribution in [3.05, 3.63) is 0 Å². The summed E-state index contributed by atoms with van der Waals surface area (Å²) in [6, 6.07) is -12.2. The van der Waals surface area contributed by atoms with E-state index in [-0.39, 0.29) is 76.1 Å². The second kappa shape index (κ2) is 42.5. The molecule has 1 aliphatic rings. The zero-order chi connectivity index (χ0) is 74.6. The molecule has 97 heavy (non-hydrogen) atoms. The summed E-state index contributed by atoms with van der Waals surface area (Å²) in [5.74, 6) is -12.8. The molecule has 554 valence electrons. The number of esters is 1. The third-order valence-corrected chi connectivity index (χ3v) is 17.5. The first-order chi connectivity index (χ1) is 45.1. The van der Waals surface area contributed by atoms with Gasteiger partial charge in [-0.15, -0.1) is 0 Å². The lowest BCUT2D eigenvalue weighted by atomic mass is 9.95. The summed E-state index contributed by atoms with van der Waals surface area (Å²) in [6.07, 6.45) is -1.31. The van der Waals surface area contributed by atoms with Crippen molar-refractivity contribution in [1.29, 1.82) is 0 Å². The first-order valence-electron chi connectivity index (χ1n) is 34.5. The Morgan fingerprint density at radius 3 is 1.55 bits per heavy atom. The average molecular weight is 1380 g/mol. The minimum Gasteiger partial charge on any atom is -0.458 e. The average Bonchev–Trinajstić information content (AvgIpc) is 0.836. The Morgan fingerprint density at radius 1 is 0.546 bits per heavy atom. The van der Waals surface area contributed by atoms with E-state index in [4.69, 9.17) is 9.47 Å². The fourth-order valence-electron chi connectivity index (χ4n) is 11.4. The van der Waals surface area contributed by atoms with Crippen molar-refractivity contribution in [3.8, 4) is 0 Å². The number of imide groups is 1. The van der Waals surface area contributed by atoms with Crippen LogP contribution in [-0.2, 0) is 76.6 Å². The SMILES string of the molecule is CCC(C)C1C(=O)NCCC(=O)NC(C(C)C)C(=O)N(C)C(C(C)C)C(=O)N(C)C(C)C(=O)NC(=O)CCNC(CC(C)C)C(=O)N(C)C(C(C)CC)C(=O)OC(C)C(NC(=O)C(CC(C)C)NC(=O)C(NC(=O)COC)C(C)C)C(=O)NCCC(=O)NC(CC(C)C)C(=O)N1C. The second-order valence-electron chi connectivity index (χ2n) is 28.3. The molecule has 1 heterocycles. The predicted octanol–water partition coefficient (Wildman–Crippen LogP) is 1.53. The molecule has 0 aromatic heterocycles. The quantitative estimate of drug-likeness (QED) is 0.0616. The molecule has 0 aromatic rings. The van der Waals surface area contributed by atoms with Crippen molar-refractivity contribution in [2.24, 2.45) is 47.3 Å². The van der Waals surface area contributed by atoms with Crippen molar-refractivity contribution >= 4 is 82.8 Å². The van der Waals surface area contributed by atoms with E-state index >= 15 is 0 Å². The summed E-state index contributed by atoms with van der Waals surface area (Å²) < 4.78 is 11.0. The van der Waals surface area contributed by atoms with Gasteiger partial charge in [-0.05, 0) is 80.5 Å². The lowest BCUT2D eigenvalue weighted by Crippen LogP contribution is -2.61. The van der Waals surface area contributed by atoms with Crippen molar-refractivity contribution in [2.45, 2.75) is 243 Å². The van der Waals surface area contributed by atoms with Crippen LogP contribution in [0.1, 0.15) is 176 Å². The Balaban J connectivity index is 4.12. The van der Waals surface area contributed by atoms with Crippen LogP contribution in [0.3, 0.4) is 0 Å². The number of methoxy groups -OCH3 is 1. The van der Waals surface area contributed by atoms with Crippen molar-refractivity contribution in [1.82, 2.24) is 67.5 Å². The largest absolute Gasteiger partial charge is 0.458 e. The van der Waals surface area contributed by atoms with Gasteiger partial charge >= 0.3 is 5.97 Å². The molecule has 13 amide bonds. The lowest BCUT2D eigenvalue weighted by Gasteiger charge is -2.37. The number of carbonyl (C=O) groups is 14. The lowest BCUT2D eigenvalue weighted by molar-refractivity contribution is -0.163. The summed E-state index contributed by atoms with van der Waals surface area (Å²) in [5, 5.41) is 24.4. The Hall–Kier alpha value is -7.30. The Labute approximate surface area is 576 Å². The van der Waals surface area contributed by atoms with Gasteiger partial charge in [0.2, 0.25) is 76.8 Å². The van der Waals surface area contributed by atoms with Crippen LogP contribution in [-0.4, -0.2) is 230 Å². The van der Waals surface area contributed by atoms with Crippen LogP contribution >= 0.6 is 0 Å². The zero-order valence-electron chi connectivity index (χ0n) is 62.3. The second-order valence-corrected chi connectivity index (χ2v) is 28.3. The minimum atomic E-state index is -1.72. The zero-order valence-corrected chi connectivity index (χ0v) is 62.3. The van der Waals surface area contributed by atoms with Crippen LogP contribution < -0.4 is 47.9 Å². The smallest absolute Gasteiger partial charge is 0.329 e. The molecule has 29 heteroatoms. The normalized spacial score (nSPS) is 24.9. The third kappa shape index (κ3) is 28.2. The van der Waals surface area contributed by atoms with Crippen molar-refractivity contribution in [3.63, 3.8) is 0 Å². The van der Waals surface area contributed by atoms with E-state index in [0.29, 0.717) is 12.8 Å². The summed E-state index contributed by atoms with van der Waals surface area (Å²) in [7, 11) is 6.96. The molecule has 0 radical (unpaired) electrons. The molecular weight excluding hydrogens is 1250 g/mol. The molecule has 1 saturated heterocycles. The van der Waals surface area contributed by atoms with Crippen LogP contribution in [0, 0.1) is 47.3 Å². The molecule has 29 nitrogen and oxygen atoms in total. The van der Waals surface area contributed by atoms with E-state index in [1.807, 2.05) is 34.6 Å². The van der Waals surface area contributed by atoms with Gasteiger partial charge in [-0.2, -0.15) is 0 Å². The third-order valence-electron chi connectivity index (χ3n) is 17.5. The van der Waals surface area contributed by atoms with E-state index in [1.165, 1.54) is 63.8 Å². The fraction of sp³-hybridized carbons (Fsp3) is 0.794. The molecule has 0 aliphatic carbocycles. The Kier molecular flexibility index (Phi) is 38.4. The van der Waals surface area contributed by atoms with Crippen LogP contribution in [0.15, 0.2) is 0 Å². The van der Waals surface area contributed by atoms with Crippen LogP contribution in [0.2, 0.25) is 0 Å². The number of ether oxygens (including phenoxy) is 2. The van der Waals surface area contributed by atoms with Gasteiger partial charge in [-0.1, -0.05) is 124 Å². The van der Waals surface area contributed by atoms with E-state index in [1.54, 1.807) is 76.2 Å². The first kappa shape index (κ1) is 87.7. The highest BCUT2D eigenvalue weighted by atomic mass is 16.5. The summed E-state index contributed by atoms with van der Waals surface area (Å²) in [5.41, 5.74) is 0. The summed E-state index contributed by atoms with van der Waals surface area (Å²) in [4.78, 5) is 202. The van der Waals surface area contributed by atoms with Gasteiger partial charge in [0.05, 0.1) is 6.04 Å². The van der Waals surface area contributed by atoms with Gasteiger partial charge in [-0.25, -0.2) is 4.79 Å². The molecule has 1 rings (SSSR count). The predicted molar refractivity (Wildman–Crippen MR) is 366 cm³/mol. The highest BCUT2D eigenvalue weighted by Crippen LogP contribution is 2.23. The maximum atomic E-state index is 14.7. The van der Waals surface area contributed by atoms with Crippen LogP contribution in [0.25, 0.3) is 0 Å². The molecule has 0 aromatic carbocycles. The maximum absolute atomic E-state index is 14.7. The van der Waals surface area contributed by atoms with Crippen LogP contribution in [0.5, 0.6) is 0 Å². The number of nitrogens with one attached hydrogen (secondary N) is 9. The van der Waals surface area contributed by atoms with Gasteiger partial charge in [0.1, 0.15) is 67.1 Å². The molecule has 1 fully saturated rings. The standard InChI is InChI=1S/C68H121N13O16/c1-24-42(15)57-63(90)71-31-28-50(83)74-54(40(11)12)66(93)79(20)56(41(13)14)67(94)78(19)44(17)59(86)76-51(84)26-29-69-47(33-37(5)6)64(91)81(22)58(43(16)25-2)68(95)97-45(18)55(61(88)70-30-27-49(82)72-48(34-38(7)8)65(92)80(57)21)77-60(87)46(32-36(3)4)73-62(89)53(39(9)10)75-52(85)35-96-23/h36-48,53-58,69H,24-35H2,1-23H3,(H,70,88)(H,71,90)(H,72,82)(H,73,89)(H,74,83)(H,75,85)(H,77,87)(H,76,84,86). The number of hydrogen-bond donors (Lipinski definition) is 9. The number of cyclic esters (lactones) is 1. The maximum Gasteiger partial charge on any atom is 0.329 e. The Bertz CT molecular complexity index is 2670. The van der Waals surface area contributed by atoms with Crippen LogP contribution in [0.4, 0.5) is 0 Å². The van der Waals surface area contributed by atoms with E-state index in [9.17, 15) is 67.1 Å². The monoisotopic (exact) mass is 1380 g/mol. The number of amides is 13. The molecule has 9 N–H and O–H groups in total. The van der Waals surface area contributed by atoms with Gasteiger partial charge in [-0.3, -0.25) is 67.6 Å². The topological polar surface area (TPSA) is 379 Å². The summed E-state index contributed by atoms with van der Waals surface area (Å²) in [6.45, 7) is 30.1. The molecule has 13 atom stereocenters. The number of hydrogen-bond acceptors (Lipinski definition) is 17. The first-order valence-corrected chi connectivity index (χ1v) is 34.5. The molecule has 0 saturated carbocycles. The molecule has 1 aliphatic heterocycles. The van der Waals surface area contributed by atoms with E-state index in [0.717, 1.165) is 4.90 Å². The highest BCUT2D eigenvalue weighted by molar-refractivity contribution is 6.01. The van der Waals surface area contributed by atoms with Gasteiger partial charge < -0.3 is 71.6 Å². The Morgan fingerprint density at radius 2 is 1.04 bits per heavy atom. The highest BCUT2D eigenvalue weighted by Gasteiger charge is 2.43. The molecular formula is C68H121N13O16.